The molecule has 0 N–H and O–H groups in total. The van der Waals surface area contributed by atoms with Crippen molar-refractivity contribution < 1.29 is 9.47 Å². The van der Waals surface area contributed by atoms with Crippen LogP contribution >= 0.6 is 0 Å². The van der Waals surface area contributed by atoms with Gasteiger partial charge >= 0.3 is 0 Å². The van der Waals surface area contributed by atoms with Gasteiger partial charge in [0.2, 0.25) is 0 Å². The molecule has 0 aliphatic heterocycles. The van der Waals surface area contributed by atoms with E-state index < -0.39 is 0 Å². The Morgan fingerprint density at radius 1 is 0.429 bits per heavy atom. The van der Waals surface area contributed by atoms with Crippen LogP contribution in [0.2, 0.25) is 0 Å². The van der Waals surface area contributed by atoms with Gasteiger partial charge in [-0.05, 0) is 64.6 Å². The van der Waals surface area contributed by atoms with Crippen LogP contribution in [0.3, 0.4) is 0 Å². The fourth-order valence-corrected chi connectivity index (χ4v) is 3.75. The van der Waals surface area contributed by atoms with Gasteiger partial charge in [0.05, 0.1) is 14.2 Å². The van der Waals surface area contributed by atoms with Crippen LogP contribution in [0.1, 0.15) is 55.5 Å². The van der Waals surface area contributed by atoms with E-state index in [1.54, 1.807) is 14.2 Å². The van der Waals surface area contributed by atoms with Gasteiger partial charge in [0.25, 0.3) is 0 Å². The maximum atomic E-state index is 5.40. The van der Waals surface area contributed by atoms with E-state index in [1.165, 1.54) is 27.8 Å². The second-order valence-corrected chi connectivity index (χ2v) is 7.44. The summed E-state index contributed by atoms with van der Waals surface area (Å²) < 4.78 is 10.8. The second-order valence-electron chi connectivity index (χ2n) is 7.44. The molecule has 0 aliphatic rings. The van der Waals surface area contributed by atoms with E-state index in [9.17, 15) is 0 Å². The first kappa shape index (κ1) is 27.5. The van der Waals surface area contributed by atoms with Gasteiger partial charge in [-0.2, -0.15) is 0 Å². The lowest BCUT2D eigenvalue weighted by Crippen LogP contribution is -1.98. The fourth-order valence-electron chi connectivity index (χ4n) is 3.75. The van der Waals surface area contributed by atoms with Gasteiger partial charge in [0, 0.05) is 0 Å². The van der Waals surface area contributed by atoms with Crippen LogP contribution in [0.4, 0.5) is 0 Å². The number of benzene rings is 4. The van der Waals surface area contributed by atoms with Gasteiger partial charge in [0.15, 0.2) is 0 Å². The molecule has 0 aromatic heterocycles. The molecule has 182 valence electrons. The molecule has 0 heterocycles. The largest absolute Gasteiger partial charge is 0.497 e. The number of hydrogen-bond donors (Lipinski definition) is 0. The first-order valence-corrected chi connectivity index (χ1v) is 12.3. The van der Waals surface area contributed by atoms with Crippen molar-refractivity contribution in [3.63, 3.8) is 0 Å². The first-order chi connectivity index (χ1) is 17.2. The molecular weight excluding hydrogens is 428 g/mol. The lowest BCUT2D eigenvalue weighted by molar-refractivity contribution is 0.414. The summed E-state index contributed by atoms with van der Waals surface area (Å²) in [4.78, 5) is 0. The van der Waals surface area contributed by atoms with E-state index in [-0.39, 0.29) is 0 Å². The van der Waals surface area contributed by atoms with E-state index in [1.807, 2.05) is 52.0 Å². The predicted octanol–water partition coefficient (Wildman–Crippen LogP) is 9.07. The molecule has 4 aromatic rings. The van der Waals surface area contributed by atoms with Crippen LogP contribution in [0.25, 0.3) is 11.1 Å². The smallest absolute Gasteiger partial charge is 0.118 e. The summed E-state index contributed by atoms with van der Waals surface area (Å²) in [6.45, 7) is 10.1. The standard InChI is InChI=1S/C29H26O2.2C2H6/c1-21-9-11-23(12-10-21)28(22-7-5-4-6-8-22)29(24-13-17-26(30-2)18-14-24)25-15-19-27(31-3)20-16-25;2*1-2/h4-20H,1-3H3;2*1-2H3. The van der Waals surface area contributed by atoms with Gasteiger partial charge in [-0.1, -0.05) is 112 Å². The lowest BCUT2D eigenvalue weighted by Gasteiger charge is -2.18. The van der Waals surface area contributed by atoms with Crippen molar-refractivity contribution in [1.29, 1.82) is 0 Å². The van der Waals surface area contributed by atoms with Crippen molar-refractivity contribution in [1.82, 2.24) is 0 Å². The molecule has 0 saturated carbocycles. The molecule has 0 fully saturated rings. The monoisotopic (exact) mass is 466 g/mol. The maximum absolute atomic E-state index is 5.40. The van der Waals surface area contributed by atoms with Crippen LogP contribution in [0.5, 0.6) is 11.5 Å². The molecular formula is C33H38O2. The zero-order valence-corrected chi connectivity index (χ0v) is 22.1. The van der Waals surface area contributed by atoms with Crippen molar-refractivity contribution in [2.75, 3.05) is 14.2 Å². The van der Waals surface area contributed by atoms with Gasteiger partial charge < -0.3 is 9.47 Å². The van der Waals surface area contributed by atoms with E-state index in [4.69, 9.17) is 9.47 Å². The molecule has 35 heavy (non-hydrogen) atoms. The van der Waals surface area contributed by atoms with E-state index in [0.717, 1.165) is 22.6 Å². The molecule has 0 unspecified atom stereocenters. The van der Waals surface area contributed by atoms with Gasteiger partial charge in [-0.15, -0.1) is 0 Å². The minimum absolute atomic E-state index is 0.842. The van der Waals surface area contributed by atoms with Gasteiger partial charge in [0.1, 0.15) is 11.5 Å². The van der Waals surface area contributed by atoms with Crippen molar-refractivity contribution in [3.05, 3.63) is 131 Å². The third kappa shape index (κ3) is 7.10. The van der Waals surface area contributed by atoms with Crippen LogP contribution in [0, 0.1) is 6.92 Å². The number of rotatable bonds is 6. The molecule has 2 nitrogen and oxygen atoms in total. The maximum Gasteiger partial charge on any atom is 0.118 e. The zero-order chi connectivity index (χ0) is 25.6. The Morgan fingerprint density at radius 2 is 0.743 bits per heavy atom. The summed E-state index contributed by atoms with van der Waals surface area (Å²) in [6, 6.07) is 35.8. The highest BCUT2D eigenvalue weighted by atomic mass is 16.5. The Bertz CT molecular complexity index is 1110. The molecule has 2 heteroatoms. The Labute approximate surface area is 211 Å². The van der Waals surface area contributed by atoms with Crippen LogP contribution < -0.4 is 9.47 Å². The minimum atomic E-state index is 0.842. The highest BCUT2D eigenvalue weighted by molar-refractivity contribution is 6.04. The summed E-state index contributed by atoms with van der Waals surface area (Å²) in [5.74, 6) is 1.68. The van der Waals surface area contributed by atoms with Gasteiger partial charge in [-0.25, -0.2) is 0 Å². The summed E-state index contributed by atoms with van der Waals surface area (Å²) in [5, 5.41) is 0. The molecule has 0 spiro atoms. The SMILES string of the molecule is CC.CC.COc1ccc(C(=C(c2ccccc2)c2ccc(C)cc2)c2ccc(OC)cc2)cc1. The molecule has 0 bridgehead atoms. The van der Waals surface area contributed by atoms with E-state index in [0.29, 0.717) is 0 Å². The molecule has 0 radical (unpaired) electrons. The minimum Gasteiger partial charge on any atom is -0.497 e. The quantitative estimate of drug-likeness (QED) is 0.264. The molecule has 4 rings (SSSR count). The highest BCUT2D eigenvalue weighted by Gasteiger charge is 2.16. The summed E-state index contributed by atoms with van der Waals surface area (Å²) >= 11 is 0. The third-order valence-electron chi connectivity index (χ3n) is 5.41. The van der Waals surface area contributed by atoms with Gasteiger partial charge in [-0.3, -0.25) is 0 Å². The fraction of sp³-hybridized carbons (Fsp3) is 0.212. The molecule has 0 aliphatic carbocycles. The average molecular weight is 467 g/mol. The predicted molar refractivity (Wildman–Crippen MR) is 151 cm³/mol. The Balaban J connectivity index is 0.00000103. The third-order valence-corrected chi connectivity index (χ3v) is 5.41. The molecule has 0 saturated heterocycles. The van der Waals surface area contributed by atoms with Crippen molar-refractivity contribution in [2.45, 2.75) is 34.6 Å². The first-order valence-electron chi connectivity index (χ1n) is 12.3. The Hall–Kier alpha value is -3.78. The lowest BCUT2D eigenvalue weighted by atomic mass is 9.85. The summed E-state index contributed by atoms with van der Waals surface area (Å²) in [5.41, 5.74) is 8.21. The number of methoxy groups -OCH3 is 2. The van der Waals surface area contributed by atoms with Crippen LogP contribution in [-0.2, 0) is 0 Å². The summed E-state index contributed by atoms with van der Waals surface area (Å²) in [7, 11) is 3.38. The van der Waals surface area contributed by atoms with Crippen molar-refractivity contribution >= 4 is 11.1 Å². The molecule has 0 atom stereocenters. The zero-order valence-electron chi connectivity index (χ0n) is 22.1. The topological polar surface area (TPSA) is 18.5 Å². The van der Waals surface area contributed by atoms with E-state index in [2.05, 4.69) is 85.8 Å². The normalized spacial score (nSPS) is 9.57. The molecule has 0 amide bonds. The number of aryl methyl sites for hydroxylation is 1. The van der Waals surface area contributed by atoms with Crippen LogP contribution in [0.15, 0.2) is 103 Å². The van der Waals surface area contributed by atoms with Crippen molar-refractivity contribution in [2.24, 2.45) is 0 Å². The Morgan fingerprint density at radius 3 is 1.09 bits per heavy atom. The summed E-state index contributed by atoms with van der Waals surface area (Å²) in [6.07, 6.45) is 0. The average Bonchev–Trinajstić information content (AvgIpc) is 2.95. The second kappa shape index (κ2) is 14.5. The molecule has 4 aromatic carbocycles. The number of ether oxygens (including phenoxy) is 2. The highest BCUT2D eigenvalue weighted by Crippen LogP contribution is 2.37. The van der Waals surface area contributed by atoms with Crippen molar-refractivity contribution in [3.8, 4) is 11.5 Å². The number of hydrogen-bond acceptors (Lipinski definition) is 2. The Kier molecular flexibility index (Phi) is 11.4. The van der Waals surface area contributed by atoms with E-state index >= 15 is 0 Å². The van der Waals surface area contributed by atoms with Crippen LogP contribution in [-0.4, -0.2) is 14.2 Å².